The van der Waals surface area contributed by atoms with E-state index < -0.39 is 0 Å². The van der Waals surface area contributed by atoms with Gasteiger partial charge in [0.25, 0.3) is 0 Å². The summed E-state index contributed by atoms with van der Waals surface area (Å²) in [6, 6.07) is 9.33. The molecule has 0 heterocycles. The number of nitrogens with one attached hydrogen (secondary N) is 1. The summed E-state index contributed by atoms with van der Waals surface area (Å²) in [6.45, 7) is 4.77. The Hall–Kier alpha value is -0.250. The molecular weight excluding hydrogens is 309 g/mol. The van der Waals surface area contributed by atoms with Gasteiger partial charge in [-0.1, -0.05) is 26.7 Å². The highest BCUT2D eigenvalue weighted by atomic mass is 127. The first kappa shape index (κ1) is 12.2. The van der Waals surface area contributed by atoms with Crippen LogP contribution in [0.25, 0.3) is 0 Å². The van der Waals surface area contributed by atoms with Gasteiger partial charge in [0.15, 0.2) is 0 Å². The molecule has 16 heavy (non-hydrogen) atoms. The standard InChI is InChI=1S/C14H20IN/c1-14(2)10-4-3-5-13(14)16-12-8-6-11(15)7-9-12/h6-9,13,16H,3-5,10H2,1-2H3. The molecule has 1 aromatic rings. The van der Waals surface area contributed by atoms with E-state index in [9.17, 15) is 0 Å². The summed E-state index contributed by atoms with van der Waals surface area (Å²) in [4.78, 5) is 0. The maximum absolute atomic E-state index is 3.70. The molecule has 0 amide bonds. The molecule has 2 heteroatoms. The second-order valence-corrected chi connectivity index (χ2v) is 6.68. The van der Waals surface area contributed by atoms with Crippen LogP contribution >= 0.6 is 22.6 Å². The van der Waals surface area contributed by atoms with Crippen molar-refractivity contribution in [1.82, 2.24) is 0 Å². The molecule has 0 saturated heterocycles. The summed E-state index contributed by atoms with van der Waals surface area (Å²) in [6.07, 6.45) is 5.40. The topological polar surface area (TPSA) is 12.0 Å². The Labute approximate surface area is 112 Å². The third-order valence-electron chi connectivity index (χ3n) is 3.69. The number of anilines is 1. The summed E-state index contributed by atoms with van der Waals surface area (Å²) in [5.41, 5.74) is 1.70. The number of hydrogen-bond donors (Lipinski definition) is 1. The smallest absolute Gasteiger partial charge is 0.0343 e. The zero-order chi connectivity index (χ0) is 11.6. The van der Waals surface area contributed by atoms with Crippen molar-refractivity contribution in [1.29, 1.82) is 0 Å². The zero-order valence-corrected chi connectivity index (χ0v) is 12.3. The molecule has 1 saturated carbocycles. The lowest BCUT2D eigenvalue weighted by Crippen LogP contribution is -2.38. The molecule has 1 fully saturated rings. The van der Waals surface area contributed by atoms with Crippen molar-refractivity contribution in [3.05, 3.63) is 27.8 Å². The number of rotatable bonds is 2. The summed E-state index contributed by atoms with van der Waals surface area (Å²) in [5.74, 6) is 0. The Morgan fingerprint density at radius 1 is 1.19 bits per heavy atom. The maximum atomic E-state index is 3.70. The van der Waals surface area contributed by atoms with E-state index in [1.54, 1.807) is 0 Å². The Bertz CT molecular complexity index is 342. The highest BCUT2D eigenvalue weighted by molar-refractivity contribution is 14.1. The molecule has 1 aromatic carbocycles. The van der Waals surface area contributed by atoms with E-state index in [0.29, 0.717) is 11.5 Å². The molecule has 0 aromatic heterocycles. The van der Waals surface area contributed by atoms with Crippen LogP contribution in [0.15, 0.2) is 24.3 Å². The third-order valence-corrected chi connectivity index (χ3v) is 4.41. The van der Waals surface area contributed by atoms with E-state index in [-0.39, 0.29) is 0 Å². The van der Waals surface area contributed by atoms with Crippen LogP contribution in [-0.4, -0.2) is 6.04 Å². The van der Waals surface area contributed by atoms with Gasteiger partial charge in [-0.2, -0.15) is 0 Å². The average molecular weight is 329 g/mol. The van der Waals surface area contributed by atoms with Crippen LogP contribution in [0.4, 0.5) is 5.69 Å². The highest BCUT2D eigenvalue weighted by Gasteiger charge is 2.31. The second-order valence-electron chi connectivity index (χ2n) is 5.44. The number of halogens is 1. The molecule has 0 spiro atoms. The van der Waals surface area contributed by atoms with Gasteiger partial charge in [-0.05, 0) is 65.1 Å². The number of hydrogen-bond acceptors (Lipinski definition) is 1. The summed E-state index contributed by atoms with van der Waals surface area (Å²) >= 11 is 2.35. The molecule has 1 aliphatic carbocycles. The van der Waals surface area contributed by atoms with Crippen LogP contribution in [0.3, 0.4) is 0 Å². The van der Waals surface area contributed by atoms with E-state index in [1.807, 2.05) is 0 Å². The van der Waals surface area contributed by atoms with Crippen molar-refractivity contribution in [3.63, 3.8) is 0 Å². The van der Waals surface area contributed by atoms with E-state index >= 15 is 0 Å². The first-order chi connectivity index (χ1) is 7.58. The first-order valence-electron chi connectivity index (χ1n) is 6.10. The predicted molar refractivity (Wildman–Crippen MR) is 78.8 cm³/mol. The molecule has 1 atom stereocenters. The molecule has 0 bridgehead atoms. The van der Waals surface area contributed by atoms with Gasteiger partial charge in [0.1, 0.15) is 0 Å². The van der Waals surface area contributed by atoms with Gasteiger partial charge in [0.05, 0.1) is 0 Å². The predicted octanol–water partition coefficient (Wildman–Crippen LogP) is 4.67. The van der Waals surface area contributed by atoms with E-state index in [1.165, 1.54) is 34.9 Å². The SMILES string of the molecule is CC1(C)CCCCC1Nc1ccc(I)cc1. The Morgan fingerprint density at radius 2 is 1.88 bits per heavy atom. The Kier molecular flexibility index (Phi) is 3.77. The van der Waals surface area contributed by atoms with Gasteiger partial charge in [-0.15, -0.1) is 0 Å². The maximum Gasteiger partial charge on any atom is 0.0343 e. The van der Waals surface area contributed by atoms with Crippen molar-refractivity contribution < 1.29 is 0 Å². The fourth-order valence-corrected chi connectivity index (χ4v) is 2.87. The van der Waals surface area contributed by atoms with Gasteiger partial charge in [0, 0.05) is 15.3 Å². The van der Waals surface area contributed by atoms with E-state index in [0.717, 1.165) is 0 Å². The summed E-state index contributed by atoms with van der Waals surface area (Å²) in [5, 5.41) is 3.70. The minimum absolute atomic E-state index is 0.432. The minimum Gasteiger partial charge on any atom is -0.382 e. The molecule has 1 unspecified atom stereocenters. The molecule has 1 aliphatic rings. The van der Waals surface area contributed by atoms with Crippen molar-refractivity contribution >= 4 is 28.3 Å². The first-order valence-corrected chi connectivity index (χ1v) is 7.18. The van der Waals surface area contributed by atoms with Crippen LogP contribution in [0.5, 0.6) is 0 Å². The lowest BCUT2D eigenvalue weighted by Gasteiger charge is -2.39. The summed E-state index contributed by atoms with van der Waals surface area (Å²) < 4.78 is 1.30. The lowest BCUT2D eigenvalue weighted by atomic mass is 9.73. The van der Waals surface area contributed by atoms with Crippen LogP contribution in [-0.2, 0) is 0 Å². The van der Waals surface area contributed by atoms with Crippen LogP contribution in [0.1, 0.15) is 39.5 Å². The average Bonchev–Trinajstić information content (AvgIpc) is 2.24. The molecule has 0 radical (unpaired) electrons. The van der Waals surface area contributed by atoms with Gasteiger partial charge < -0.3 is 5.32 Å². The third kappa shape index (κ3) is 2.90. The van der Waals surface area contributed by atoms with Crippen LogP contribution in [0.2, 0.25) is 0 Å². The Balaban J connectivity index is 2.05. The summed E-state index contributed by atoms with van der Waals surface area (Å²) in [7, 11) is 0. The lowest BCUT2D eigenvalue weighted by molar-refractivity contribution is 0.217. The quantitative estimate of drug-likeness (QED) is 0.778. The van der Waals surface area contributed by atoms with Gasteiger partial charge in [0.2, 0.25) is 0 Å². The van der Waals surface area contributed by atoms with Crippen LogP contribution in [0, 0.1) is 8.99 Å². The molecule has 88 valence electrons. The van der Waals surface area contributed by atoms with Crippen molar-refractivity contribution in [3.8, 4) is 0 Å². The van der Waals surface area contributed by atoms with Gasteiger partial charge in [-0.3, -0.25) is 0 Å². The molecule has 1 nitrogen and oxygen atoms in total. The van der Waals surface area contributed by atoms with E-state index in [4.69, 9.17) is 0 Å². The number of benzene rings is 1. The van der Waals surface area contributed by atoms with Gasteiger partial charge >= 0.3 is 0 Å². The van der Waals surface area contributed by atoms with Crippen LogP contribution < -0.4 is 5.32 Å². The van der Waals surface area contributed by atoms with Crippen molar-refractivity contribution in [2.75, 3.05) is 5.32 Å². The second kappa shape index (κ2) is 4.94. The zero-order valence-electron chi connectivity index (χ0n) is 10.1. The highest BCUT2D eigenvalue weighted by Crippen LogP contribution is 2.37. The van der Waals surface area contributed by atoms with Gasteiger partial charge in [-0.25, -0.2) is 0 Å². The van der Waals surface area contributed by atoms with E-state index in [2.05, 4.69) is 66.0 Å². The molecular formula is C14H20IN. The van der Waals surface area contributed by atoms with Crippen molar-refractivity contribution in [2.24, 2.45) is 5.41 Å². The van der Waals surface area contributed by atoms with Crippen molar-refractivity contribution in [2.45, 2.75) is 45.6 Å². The fourth-order valence-electron chi connectivity index (χ4n) is 2.51. The largest absolute Gasteiger partial charge is 0.382 e. The molecule has 2 rings (SSSR count). The molecule has 1 N–H and O–H groups in total. The fraction of sp³-hybridized carbons (Fsp3) is 0.571. The minimum atomic E-state index is 0.432. The Morgan fingerprint density at radius 3 is 2.50 bits per heavy atom. The molecule has 0 aliphatic heterocycles. The monoisotopic (exact) mass is 329 g/mol. The normalized spacial score (nSPS) is 24.1.